The predicted molar refractivity (Wildman–Crippen MR) is 115 cm³/mol. The SMILES string of the molecule is COc1cc(/C=C/C(=O)c2ccccc2OCc2ccccc2)ccc1OCC#N. The molecule has 0 unspecified atom stereocenters. The molecule has 0 bridgehead atoms. The van der Waals surface area contributed by atoms with Gasteiger partial charge in [-0.3, -0.25) is 4.79 Å². The van der Waals surface area contributed by atoms with Crippen LogP contribution in [0.1, 0.15) is 21.5 Å². The Hall–Kier alpha value is -4.04. The molecule has 30 heavy (non-hydrogen) atoms. The smallest absolute Gasteiger partial charge is 0.189 e. The first-order valence-corrected chi connectivity index (χ1v) is 9.37. The molecular formula is C25H21NO4. The molecule has 5 nitrogen and oxygen atoms in total. The maximum atomic E-state index is 12.8. The zero-order valence-corrected chi connectivity index (χ0v) is 16.6. The highest BCUT2D eigenvalue weighted by atomic mass is 16.5. The molecule has 0 aromatic heterocycles. The number of hydrogen-bond acceptors (Lipinski definition) is 5. The van der Waals surface area contributed by atoms with E-state index < -0.39 is 0 Å². The Kier molecular flexibility index (Phi) is 7.23. The van der Waals surface area contributed by atoms with Crippen LogP contribution in [0.2, 0.25) is 0 Å². The van der Waals surface area contributed by atoms with E-state index in [9.17, 15) is 4.79 Å². The second kappa shape index (κ2) is 10.5. The van der Waals surface area contributed by atoms with Gasteiger partial charge in [0.05, 0.1) is 12.7 Å². The van der Waals surface area contributed by atoms with Crippen molar-refractivity contribution in [2.75, 3.05) is 13.7 Å². The minimum atomic E-state index is -0.164. The second-order valence-electron chi connectivity index (χ2n) is 6.33. The number of ether oxygens (including phenoxy) is 3. The molecule has 0 spiro atoms. The van der Waals surface area contributed by atoms with E-state index in [0.29, 0.717) is 29.4 Å². The number of rotatable bonds is 9. The fourth-order valence-electron chi connectivity index (χ4n) is 2.81. The molecule has 3 aromatic carbocycles. The number of hydrogen-bond donors (Lipinski definition) is 0. The Balaban J connectivity index is 1.73. The summed E-state index contributed by atoms with van der Waals surface area (Å²) in [5, 5.41) is 8.65. The van der Waals surface area contributed by atoms with Gasteiger partial charge in [-0.05, 0) is 41.5 Å². The zero-order chi connectivity index (χ0) is 21.2. The second-order valence-corrected chi connectivity index (χ2v) is 6.33. The van der Waals surface area contributed by atoms with E-state index in [1.165, 1.54) is 13.2 Å². The maximum absolute atomic E-state index is 12.8. The number of allylic oxidation sites excluding steroid dienone is 1. The van der Waals surface area contributed by atoms with Crippen LogP contribution in [0.25, 0.3) is 6.08 Å². The number of ketones is 1. The molecule has 0 amide bonds. The average Bonchev–Trinajstić information content (AvgIpc) is 2.81. The molecule has 0 N–H and O–H groups in total. The van der Waals surface area contributed by atoms with Gasteiger partial charge in [-0.1, -0.05) is 54.6 Å². The van der Waals surface area contributed by atoms with Gasteiger partial charge in [-0.15, -0.1) is 0 Å². The van der Waals surface area contributed by atoms with Crippen LogP contribution >= 0.6 is 0 Å². The number of methoxy groups -OCH3 is 1. The standard InChI is InChI=1S/C25H21NO4/c1-28-25-17-19(12-14-24(25)29-16-15-26)11-13-22(27)21-9-5-6-10-23(21)30-18-20-7-3-2-4-8-20/h2-14,17H,16,18H2,1H3/b13-11+. The molecule has 150 valence electrons. The van der Waals surface area contributed by atoms with Crippen molar-refractivity contribution in [2.45, 2.75) is 6.61 Å². The van der Waals surface area contributed by atoms with Gasteiger partial charge in [-0.2, -0.15) is 5.26 Å². The zero-order valence-electron chi connectivity index (χ0n) is 16.6. The van der Waals surface area contributed by atoms with Crippen LogP contribution in [0.3, 0.4) is 0 Å². The Bertz CT molecular complexity index is 1070. The van der Waals surface area contributed by atoms with Gasteiger partial charge in [0, 0.05) is 0 Å². The van der Waals surface area contributed by atoms with Crippen molar-refractivity contribution in [3.63, 3.8) is 0 Å². The molecule has 3 rings (SSSR count). The molecule has 5 heteroatoms. The largest absolute Gasteiger partial charge is 0.493 e. The molecule has 0 atom stereocenters. The third kappa shape index (κ3) is 5.49. The normalized spacial score (nSPS) is 10.4. The van der Waals surface area contributed by atoms with E-state index in [-0.39, 0.29) is 12.4 Å². The molecule has 0 aliphatic rings. The minimum Gasteiger partial charge on any atom is -0.493 e. The van der Waals surface area contributed by atoms with Crippen LogP contribution < -0.4 is 14.2 Å². The van der Waals surface area contributed by atoms with E-state index in [4.69, 9.17) is 19.5 Å². The van der Waals surface area contributed by atoms with Crippen LogP contribution in [0, 0.1) is 11.3 Å². The topological polar surface area (TPSA) is 68.6 Å². The van der Waals surface area contributed by atoms with Gasteiger partial charge >= 0.3 is 0 Å². The molecule has 0 radical (unpaired) electrons. The summed E-state index contributed by atoms with van der Waals surface area (Å²) in [4.78, 5) is 12.8. The molecule has 0 saturated heterocycles. The maximum Gasteiger partial charge on any atom is 0.189 e. The van der Waals surface area contributed by atoms with Crippen molar-refractivity contribution in [1.82, 2.24) is 0 Å². The first-order valence-electron chi connectivity index (χ1n) is 9.37. The quantitative estimate of drug-likeness (QED) is 0.371. The Morgan fingerprint density at radius 2 is 1.70 bits per heavy atom. The minimum absolute atomic E-state index is 0.0657. The monoisotopic (exact) mass is 399 g/mol. The van der Waals surface area contributed by atoms with Gasteiger partial charge in [0.1, 0.15) is 18.4 Å². The van der Waals surface area contributed by atoms with Crippen molar-refractivity contribution in [2.24, 2.45) is 0 Å². The highest BCUT2D eigenvalue weighted by molar-refractivity contribution is 6.08. The molecule has 0 fully saturated rings. The first kappa shape index (κ1) is 20.7. The van der Waals surface area contributed by atoms with E-state index in [0.717, 1.165) is 11.1 Å². The van der Waals surface area contributed by atoms with E-state index in [1.807, 2.05) is 42.5 Å². The van der Waals surface area contributed by atoms with Gasteiger partial charge in [0.2, 0.25) is 0 Å². The number of benzene rings is 3. The molecule has 0 aliphatic carbocycles. The summed E-state index contributed by atoms with van der Waals surface area (Å²) in [6, 6.07) is 24.1. The van der Waals surface area contributed by atoms with Crippen molar-refractivity contribution in [3.8, 4) is 23.3 Å². The van der Waals surface area contributed by atoms with E-state index in [2.05, 4.69) is 0 Å². The lowest BCUT2D eigenvalue weighted by Crippen LogP contribution is -2.02. The lowest BCUT2D eigenvalue weighted by atomic mass is 10.1. The van der Waals surface area contributed by atoms with Crippen LogP contribution in [-0.4, -0.2) is 19.5 Å². The Morgan fingerprint density at radius 1 is 0.933 bits per heavy atom. The summed E-state index contributed by atoms with van der Waals surface area (Å²) in [7, 11) is 1.52. The van der Waals surface area contributed by atoms with Crippen LogP contribution in [0.15, 0.2) is 78.9 Å². The lowest BCUT2D eigenvalue weighted by molar-refractivity contribution is 0.104. The summed E-state index contributed by atoms with van der Waals surface area (Å²) in [5.74, 6) is 1.34. The van der Waals surface area contributed by atoms with Crippen molar-refractivity contribution < 1.29 is 19.0 Å². The van der Waals surface area contributed by atoms with Crippen molar-refractivity contribution >= 4 is 11.9 Å². The fraction of sp³-hybridized carbons (Fsp3) is 0.120. The number of carbonyl (C=O) groups excluding carboxylic acids is 1. The summed E-state index contributed by atoms with van der Waals surface area (Å²) in [6.07, 6.45) is 3.20. The number of para-hydroxylation sites is 1. The van der Waals surface area contributed by atoms with Crippen LogP contribution in [-0.2, 0) is 6.61 Å². The highest BCUT2D eigenvalue weighted by Gasteiger charge is 2.10. The lowest BCUT2D eigenvalue weighted by Gasteiger charge is -2.10. The molecule has 0 heterocycles. The fourth-order valence-corrected chi connectivity index (χ4v) is 2.81. The summed E-state index contributed by atoms with van der Waals surface area (Å²) >= 11 is 0. The number of carbonyl (C=O) groups is 1. The van der Waals surface area contributed by atoms with Gasteiger partial charge < -0.3 is 14.2 Å². The molecule has 0 saturated carbocycles. The van der Waals surface area contributed by atoms with Crippen molar-refractivity contribution in [1.29, 1.82) is 5.26 Å². The predicted octanol–water partition coefficient (Wildman–Crippen LogP) is 5.07. The average molecular weight is 399 g/mol. The summed E-state index contributed by atoms with van der Waals surface area (Å²) in [5.41, 5.74) is 2.29. The van der Waals surface area contributed by atoms with E-state index in [1.54, 1.807) is 42.5 Å². The Morgan fingerprint density at radius 3 is 2.47 bits per heavy atom. The number of nitrogens with zero attached hydrogens (tertiary/aromatic N) is 1. The van der Waals surface area contributed by atoms with Crippen molar-refractivity contribution in [3.05, 3.63) is 95.6 Å². The van der Waals surface area contributed by atoms with E-state index >= 15 is 0 Å². The Labute approximate surface area is 175 Å². The van der Waals surface area contributed by atoms with Crippen LogP contribution in [0.5, 0.6) is 17.2 Å². The van der Waals surface area contributed by atoms with Gasteiger partial charge in [0.25, 0.3) is 0 Å². The third-order valence-electron chi connectivity index (χ3n) is 4.30. The van der Waals surface area contributed by atoms with Gasteiger partial charge in [-0.25, -0.2) is 0 Å². The van der Waals surface area contributed by atoms with Gasteiger partial charge in [0.15, 0.2) is 23.9 Å². The summed E-state index contributed by atoms with van der Waals surface area (Å²) < 4.78 is 16.5. The summed E-state index contributed by atoms with van der Waals surface area (Å²) in [6.45, 7) is 0.319. The molecule has 0 aliphatic heterocycles. The third-order valence-corrected chi connectivity index (χ3v) is 4.30. The van der Waals surface area contributed by atoms with Crippen LogP contribution in [0.4, 0.5) is 0 Å². The number of nitriles is 1. The molecule has 3 aromatic rings. The highest BCUT2D eigenvalue weighted by Crippen LogP contribution is 2.29. The first-order chi connectivity index (χ1) is 14.7. The molecular weight excluding hydrogens is 378 g/mol.